The Morgan fingerprint density at radius 1 is 1.39 bits per heavy atom. The number of nitrogens with one attached hydrogen (secondary N) is 2. The molecule has 0 aromatic rings. The molecule has 100 valence electrons. The van der Waals surface area contributed by atoms with Crippen molar-refractivity contribution in [3.8, 4) is 0 Å². The van der Waals surface area contributed by atoms with Gasteiger partial charge in [0.25, 0.3) is 0 Å². The van der Waals surface area contributed by atoms with Crippen molar-refractivity contribution < 1.29 is 9.59 Å². The Hall–Kier alpha value is -1.10. The van der Waals surface area contributed by atoms with E-state index in [1.807, 2.05) is 0 Å². The lowest BCUT2D eigenvalue weighted by atomic mass is 9.67. The van der Waals surface area contributed by atoms with Crippen LogP contribution in [0.15, 0.2) is 0 Å². The summed E-state index contributed by atoms with van der Waals surface area (Å²) in [6.07, 6.45) is 4.52. The van der Waals surface area contributed by atoms with Gasteiger partial charge in [0.15, 0.2) is 0 Å². The number of nitrogens with zero attached hydrogens (tertiary/aromatic N) is 1. The Kier molecular flexibility index (Phi) is 3.01. The van der Waals surface area contributed by atoms with Crippen LogP contribution >= 0.6 is 0 Å². The molecular formula is C13H21N3O2. The van der Waals surface area contributed by atoms with Gasteiger partial charge in [0.1, 0.15) is 0 Å². The fraction of sp³-hybridized carbons (Fsp3) is 0.846. The van der Waals surface area contributed by atoms with Gasteiger partial charge in [0.2, 0.25) is 11.8 Å². The number of fused-ring (bicyclic) bond motifs is 1. The molecule has 0 spiro atoms. The zero-order valence-corrected chi connectivity index (χ0v) is 10.7. The summed E-state index contributed by atoms with van der Waals surface area (Å²) >= 11 is 0. The number of carbonyl (C=O) groups is 2. The smallest absolute Gasteiger partial charge is 0.239 e. The van der Waals surface area contributed by atoms with Gasteiger partial charge < -0.3 is 15.5 Å². The summed E-state index contributed by atoms with van der Waals surface area (Å²) in [6, 6.07) is 0. The maximum Gasteiger partial charge on any atom is 0.239 e. The second kappa shape index (κ2) is 4.53. The van der Waals surface area contributed by atoms with Crippen LogP contribution in [0.2, 0.25) is 0 Å². The molecule has 2 aliphatic heterocycles. The first kappa shape index (κ1) is 12.0. The Bertz CT molecular complexity index is 371. The molecule has 0 aromatic heterocycles. The number of amides is 2. The third kappa shape index (κ3) is 1.81. The highest BCUT2D eigenvalue weighted by Crippen LogP contribution is 2.45. The lowest BCUT2D eigenvalue weighted by Crippen LogP contribution is -2.56. The molecule has 2 amide bonds. The van der Waals surface area contributed by atoms with Crippen LogP contribution in [-0.4, -0.2) is 49.4 Å². The van der Waals surface area contributed by atoms with Gasteiger partial charge in [-0.05, 0) is 25.3 Å². The number of rotatable bonds is 1. The fourth-order valence-electron chi connectivity index (χ4n) is 3.80. The summed E-state index contributed by atoms with van der Waals surface area (Å²) in [5.74, 6) is 0.667. The highest BCUT2D eigenvalue weighted by Gasteiger charge is 2.51. The van der Waals surface area contributed by atoms with E-state index >= 15 is 0 Å². The summed E-state index contributed by atoms with van der Waals surface area (Å²) in [5.41, 5.74) is -0.212. The Balaban J connectivity index is 1.79. The highest BCUT2D eigenvalue weighted by molar-refractivity contribution is 5.89. The third-order valence-electron chi connectivity index (χ3n) is 4.79. The predicted molar refractivity (Wildman–Crippen MR) is 66.9 cm³/mol. The Morgan fingerprint density at radius 3 is 3.11 bits per heavy atom. The van der Waals surface area contributed by atoms with Crippen molar-refractivity contribution in [2.24, 2.45) is 11.3 Å². The van der Waals surface area contributed by atoms with Gasteiger partial charge in [0, 0.05) is 19.6 Å². The lowest BCUT2D eigenvalue weighted by Gasteiger charge is -2.41. The molecular weight excluding hydrogens is 230 g/mol. The van der Waals surface area contributed by atoms with E-state index in [9.17, 15) is 9.59 Å². The maximum atomic E-state index is 12.8. The van der Waals surface area contributed by atoms with Gasteiger partial charge in [-0.25, -0.2) is 0 Å². The SMILES string of the molecule is O=C1CN(C(=O)[C@@]23CCCC[C@H]2CNC3)CCN1. The average Bonchev–Trinajstić information content (AvgIpc) is 2.82. The largest absolute Gasteiger partial charge is 0.353 e. The van der Waals surface area contributed by atoms with Crippen molar-refractivity contribution in [2.75, 3.05) is 32.7 Å². The van der Waals surface area contributed by atoms with E-state index in [0.717, 1.165) is 32.4 Å². The molecule has 3 fully saturated rings. The molecule has 0 radical (unpaired) electrons. The zero-order chi connectivity index (χ0) is 12.6. The van der Waals surface area contributed by atoms with E-state index in [1.165, 1.54) is 6.42 Å². The number of piperazine rings is 1. The molecule has 0 bridgehead atoms. The summed E-state index contributed by atoms with van der Waals surface area (Å²) in [6.45, 7) is 3.27. The van der Waals surface area contributed by atoms with Crippen molar-refractivity contribution in [2.45, 2.75) is 25.7 Å². The summed E-state index contributed by atoms with van der Waals surface area (Å²) in [4.78, 5) is 26.0. The van der Waals surface area contributed by atoms with Crippen molar-refractivity contribution in [3.63, 3.8) is 0 Å². The molecule has 0 aromatic carbocycles. The quantitative estimate of drug-likeness (QED) is 0.674. The minimum absolute atomic E-state index is 0.0238. The zero-order valence-electron chi connectivity index (χ0n) is 10.7. The van der Waals surface area contributed by atoms with E-state index in [4.69, 9.17) is 0 Å². The molecule has 3 aliphatic rings. The van der Waals surface area contributed by atoms with Gasteiger partial charge in [-0.1, -0.05) is 12.8 Å². The van der Waals surface area contributed by atoms with E-state index < -0.39 is 0 Å². The van der Waals surface area contributed by atoms with Crippen LogP contribution < -0.4 is 10.6 Å². The highest BCUT2D eigenvalue weighted by atomic mass is 16.2. The van der Waals surface area contributed by atoms with Crippen LogP contribution in [0.4, 0.5) is 0 Å². The van der Waals surface area contributed by atoms with Crippen LogP contribution in [0.3, 0.4) is 0 Å². The predicted octanol–water partition coefficient (Wildman–Crippen LogP) is -0.275. The lowest BCUT2D eigenvalue weighted by molar-refractivity contribution is -0.149. The first-order valence-corrected chi connectivity index (χ1v) is 6.99. The Morgan fingerprint density at radius 2 is 2.28 bits per heavy atom. The standard InChI is InChI=1S/C13H21N3O2/c17-11-8-16(6-5-15-11)12(18)13-4-2-1-3-10(13)7-14-9-13/h10,14H,1-9H2,(H,15,17)/t10-,13+/m0/s1. The molecule has 2 atom stereocenters. The third-order valence-corrected chi connectivity index (χ3v) is 4.79. The minimum atomic E-state index is -0.212. The van der Waals surface area contributed by atoms with E-state index in [2.05, 4.69) is 10.6 Å². The van der Waals surface area contributed by atoms with E-state index in [1.54, 1.807) is 4.90 Å². The number of carbonyl (C=O) groups excluding carboxylic acids is 2. The van der Waals surface area contributed by atoms with Crippen LogP contribution in [0.25, 0.3) is 0 Å². The van der Waals surface area contributed by atoms with Gasteiger partial charge in [-0.2, -0.15) is 0 Å². The summed E-state index contributed by atoms with van der Waals surface area (Å²) in [5, 5.41) is 6.17. The topological polar surface area (TPSA) is 61.4 Å². The maximum absolute atomic E-state index is 12.8. The average molecular weight is 251 g/mol. The molecule has 1 aliphatic carbocycles. The molecule has 0 unspecified atom stereocenters. The number of hydrogen-bond donors (Lipinski definition) is 2. The summed E-state index contributed by atoms with van der Waals surface area (Å²) in [7, 11) is 0. The van der Waals surface area contributed by atoms with Gasteiger partial charge in [-0.15, -0.1) is 0 Å². The molecule has 2 saturated heterocycles. The molecule has 1 saturated carbocycles. The van der Waals surface area contributed by atoms with E-state index in [0.29, 0.717) is 19.0 Å². The molecule has 2 N–H and O–H groups in total. The molecule has 2 heterocycles. The fourth-order valence-corrected chi connectivity index (χ4v) is 3.80. The molecule has 5 nitrogen and oxygen atoms in total. The van der Waals surface area contributed by atoms with Crippen LogP contribution in [0.5, 0.6) is 0 Å². The first-order valence-electron chi connectivity index (χ1n) is 6.99. The number of hydrogen-bond acceptors (Lipinski definition) is 3. The second-order valence-electron chi connectivity index (χ2n) is 5.81. The molecule has 18 heavy (non-hydrogen) atoms. The van der Waals surface area contributed by atoms with Crippen LogP contribution in [0.1, 0.15) is 25.7 Å². The first-order chi connectivity index (χ1) is 8.72. The second-order valence-corrected chi connectivity index (χ2v) is 5.81. The van der Waals surface area contributed by atoms with Gasteiger partial charge in [0.05, 0.1) is 12.0 Å². The minimum Gasteiger partial charge on any atom is -0.353 e. The van der Waals surface area contributed by atoms with Crippen molar-refractivity contribution in [3.05, 3.63) is 0 Å². The van der Waals surface area contributed by atoms with Crippen molar-refractivity contribution in [1.82, 2.24) is 15.5 Å². The van der Waals surface area contributed by atoms with E-state index in [-0.39, 0.29) is 23.8 Å². The van der Waals surface area contributed by atoms with Crippen LogP contribution in [0, 0.1) is 11.3 Å². The van der Waals surface area contributed by atoms with Crippen molar-refractivity contribution >= 4 is 11.8 Å². The molecule has 5 heteroatoms. The van der Waals surface area contributed by atoms with Gasteiger partial charge in [-0.3, -0.25) is 9.59 Å². The molecule has 3 rings (SSSR count). The monoisotopic (exact) mass is 251 g/mol. The Labute approximate surface area is 107 Å². The van der Waals surface area contributed by atoms with Gasteiger partial charge >= 0.3 is 0 Å². The normalized spacial score (nSPS) is 36.1. The van der Waals surface area contributed by atoms with Crippen molar-refractivity contribution in [1.29, 1.82) is 0 Å². The van der Waals surface area contributed by atoms with Crippen LogP contribution in [-0.2, 0) is 9.59 Å². The summed E-state index contributed by atoms with van der Waals surface area (Å²) < 4.78 is 0.